The first-order valence-electron chi connectivity index (χ1n) is 25.8. The van der Waals surface area contributed by atoms with E-state index >= 15 is 0 Å². The van der Waals surface area contributed by atoms with E-state index in [0.717, 1.165) is 39.8 Å². The highest BCUT2D eigenvalue weighted by Gasteiger charge is 2.47. The van der Waals surface area contributed by atoms with Gasteiger partial charge in [0.1, 0.15) is 11.5 Å². The van der Waals surface area contributed by atoms with Gasteiger partial charge in [-0.1, -0.05) is 131 Å². The van der Waals surface area contributed by atoms with Crippen LogP contribution in [0.15, 0.2) is 182 Å². The summed E-state index contributed by atoms with van der Waals surface area (Å²) in [7, 11) is 0. The number of aryl methyl sites for hydroxylation is 7. The Balaban J connectivity index is 1.07. The summed E-state index contributed by atoms with van der Waals surface area (Å²) >= 11 is 0. The maximum absolute atomic E-state index is 7.57. The minimum Gasteiger partial charge on any atom is -0.458 e. The quantitative estimate of drug-likeness (QED) is 0.164. The summed E-state index contributed by atoms with van der Waals surface area (Å²) in [4.78, 5) is 5.03. The van der Waals surface area contributed by atoms with Crippen LogP contribution in [0.3, 0.4) is 0 Å². The van der Waals surface area contributed by atoms with Crippen molar-refractivity contribution >= 4 is 102 Å². The zero-order valence-corrected chi connectivity index (χ0v) is 42.2. The van der Waals surface area contributed by atoms with Gasteiger partial charge in [0, 0.05) is 62.2 Å². The summed E-state index contributed by atoms with van der Waals surface area (Å²) in [6, 6.07) is 69.3. The van der Waals surface area contributed by atoms with Gasteiger partial charge in [0.25, 0.3) is 13.4 Å². The van der Waals surface area contributed by atoms with E-state index in [9.17, 15) is 0 Å². The Morgan fingerprint density at radius 2 is 0.890 bits per heavy atom. The number of hydrogen-bond donors (Lipinski definition) is 0. The van der Waals surface area contributed by atoms with Crippen LogP contribution in [0, 0.1) is 48.5 Å². The SMILES string of the molecule is Cc1ccc(N2c3ccc(C)cc3B3c4cc5c(cc4Oc4cc(-c6ccccc6C)cc2c43)N(c2ccc(C)cc2)c2cc(-c3ccccc3C)cc3c2B5c2cc(C)cc4c5cc(C)ccc5n-3c24)cc1. The van der Waals surface area contributed by atoms with Crippen LogP contribution in [0.5, 0.6) is 11.5 Å². The number of rotatable bonds is 4. The van der Waals surface area contributed by atoms with E-state index in [-0.39, 0.29) is 13.4 Å². The molecule has 0 bridgehead atoms. The molecule has 5 heterocycles. The lowest BCUT2D eigenvalue weighted by molar-refractivity contribution is 0.488. The van der Waals surface area contributed by atoms with Crippen molar-refractivity contribution in [2.24, 2.45) is 0 Å². The zero-order chi connectivity index (χ0) is 49.1. The van der Waals surface area contributed by atoms with E-state index in [4.69, 9.17) is 4.74 Å². The number of aromatic nitrogens is 1. The van der Waals surface area contributed by atoms with Crippen LogP contribution < -0.4 is 47.3 Å². The standard InChI is InChI=1S/C67H51B2N3O/c1-38-16-22-47(23-17-38)70-58-27-21-41(4)30-53(58)68-55-36-54-59(37-63(55)73-64-35-46(34-62(70)66(64)68)50-15-11-9-13-44(50)7)71(48-24-18-39(2)19-25-48)60-32-45(49-14-10-8-12-43(49)6)33-61-65(60)69(54)56-31-42(5)29-52-51-28-40(3)20-26-57(51)72(61)67(52)56/h8-37H,1-7H3. The minimum atomic E-state index is -0.0887. The molecule has 10 aromatic carbocycles. The number of benzene rings is 10. The average Bonchev–Trinajstić information content (AvgIpc) is 3.74. The normalized spacial score (nSPS) is 13.4. The van der Waals surface area contributed by atoms with Gasteiger partial charge in [-0.3, -0.25) is 0 Å². The number of nitrogens with zero attached hydrogens (tertiary/aromatic N) is 3. The second kappa shape index (κ2) is 15.3. The Bertz CT molecular complexity index is 4220. The van der Waals surface area contributed by atoms with Gasteiger partial charge < -0.3 is 19.1 Å². The molecule has 0 radical (unpaired) electrons. The van der Waals surface area contributed by atoms with Crippen LogP contribution in [0.2, 0.25) is 0 Å². The number of ether oxygens (including phenoxy) is 1. The highest BCUT2D eigenvalue weighted by atomic mass is 16.5. The largest absolute Gasteiger partial charge is 0.458 e. The molecule has 4 nitrogen and oxygen atoms in total. The molecule has 15 rings (SSSR count). The van der Waals surface area contributed by atoms with Crippen LogP contribution in [0.25, 0.3) is 49.7 Å². The van der Waals surface area contributed by atoms with Crippen molar-refractivity contribution in [3.05, 3.63) is 221 Å². The van der Waals surface area contributed by atoms with E-state index in [1.54, 1.807) is 0 Å². The Hall–Kier alpha value is -8.47. The van der Waals surface area contributed by atoms with Crippen molar-refractivity contribution in [1.29, 1.82) is 0 Å². The maximum Gasteiger partial charge on any atom is 0.256 e. The summed E-state index contributed by atoms with van der Waals surface area (Å²) in [5, 5.41) is 2.60. The van der Waals surface area contributed by atoms with Crippen LogP contribution in [0.1, 0.15) is 38.9 Å². The molecule has 1 aromatic heterocycles. The predicted molar refractivity (Wildman–Crippen MR) is 310 cm³/mol. The fraction of sp³-hybridized carbons (Fsp3) is 0.104. The van der Waals surface area contributed by atoms with Gasteiger partial charge >= 0.3 is 0 Å². The van der Waals surface area contributed by atoms with E-state index in [2.05, 4.69) is 245 Å². The average molecular weight is 936 g/mol. The topological polar surface area (TPSA) is 20.6 Å². The Kier molecular flexibility index (Phi) is 8.84. The van der Waals surface area contributed by atoms with Crippen molar-refractivity contribution in [3.8, 4) is 39.4 Å². The first-order chi connectivity index (χ1) is 35.6. The Morgan fingerprint density at radius 1 is 0.356 bits per heavy atom. The summed E-state index contributed by atoms with van der Waals surface area (Å²) in [6.07, 6.45) is 0. The fourth-order valence-corrected chi connectivity index (χ4v) is 13.2. The highest BCUT2D eigenvalue weighted by molar-refractivity contribution is 7.02. The van der Waals surface area contributed by atoms with Gasteiger partial charge in [-0.15, -0.1) is 0 Å². The number of anilines is 6. The molecule has 0 atom stereocenters. The monoisotopic (exact) mass is 935 g/mol. The van der Waals surface area contributed by atoms with E-state index < -0.39 is 0 Å². The lowest BCUT2D eigenvalue weighted by Crippen LogP contribution is -2.64. The van der Waals surface area contributed by atoms with Crippen molar-refractivity contribution < 1.29 is 4.74 Å². The highest BCUT2D eigenvalue weighted by Crippen LogP contribution is 2.48. The third-order valence-electron chi connectivity index (χ3n) is 16.5. The fourth-order valence-electron chi connectivity index (χ4n) is 13.2. The minimum absolute atomic E-state index is 0.0628. The van der Waals surface area contributed by atoms with Gasteiger partial charge in [0.15, 0.2) is 0 Å². The van der Waals surface area contributed by atoms with Gasteiger partial charge in [0.2, 0.25) is 0 Å². The first kappa shape index (κ1) is 42.2. The molecular weight excluding hydrogens is 884 g/mol. The number of hydrogen-bond acceptors (Lipinski definition) is 3. The van der Waals surface area contributed by atoms with E-state index in [1.165, 1.54) is 127 Å². The molecule has 0 spiro atoms. The van der Waals surface area contributed by atoms with Gasteiger partial charge in [-0.25, -0.2) is 0 Å². The zero-order valence-electron chi connectivity index (χ0n) is 42.2. The van der Waals surface area contributed by atoms with Gasteiger partial charge in [-0.2, -0.15) is 0 Å². The van der Waals surface area contributed by atoms with Crippen LogP contribution in [0.4, 0.5) is 34.1 Å². The molecule has 0 saturated carbocycles. The van der Waals surface area contributed by atoms with E-state index in [1.807, 2.05) is 0 Å². The molecule has 346 valence electrons. The van der Waals surface area contributed by atoms with E-state index in [0.29, 0.717) is 0 Å². The third kappa shape index (κ3) is 6.04. The first-order valence-corrected chi connectivity index (χ1v) is 25.8. The van der Waals surface area contributed by atoms with Crippen molar-refractivity contribution in [3.63, 3.8) is 0 Å². The molecular formula is C67H51B2N3O. The molecule has 73 heavy (non-hydrogen) atoms. The van der Waals surface area contributed by atoms with Crippen LogP contribution in [-0.4, -0.2) is 18.0 Å². The molecule has 4 aliphatic heterocycles. The number of fused-ring (bicyclic) bond motifs is 11. The lowest BCUT2D eigenvalue weighted by atomic mass is 9.30. The van der Waals surface area contributed by atoms with Crippen molar-refractivity contribution in [2.75, 3.05) is 9.80 Å². The molecule has 0 fully saturated rings. The smallest absolute Gasteiger partial charge is 0.256 e. The molecule has 0 amide bonds. The summed E-state index contributed by atoms with van der Waals surface area (Å²) in [6.45, 7) is 15.4. The molecule has 11 aromatic rings. The lowest BCUT2D eigenvalue weighted by Gasteiger charge is -2.43. The predicted octanol–water partition coefficient (Wildman–Crippen LogP) is 13.3. The third-order valence-corrected chi connectivity index (χ3v) is 16.5. The maximum atomic E-state index is 7.57. The molecule has 0 aliphatic carbocycles. The molecule has 4 aliphatic rings. The van der Waals surface area contributed by atoms with Crippen LogP contribution >= 0.6 is 0 Å². The van der Waals surface area contributed by atoms with Crippen molar-refractivity contribution in [2.45, 2.75) is 48.5 Å². The second-order valence-corrected chi connectivity index (χ2v) is 21.4. The summed E-state index contributed by atoms with van der Waals surface area (Å²) < 4.78 is 10.2. The van der Waals surface area contributed by atoms with Gasteiger partial charge in [-0.05, 0) is 187 Å². The molecule has 0 N–H and O–H groups in total. The Labute approximate surface area is 427 Å². The Morgan fingerprint density at radius 3 is 1.58 bits per heavy atom. The summed E-state index contributed by atoms with van der Waals surface area (Å²) in [5.41, 5.74) is 31.9. The molecule has 0 unspecified atom stereocenters. The molecule has 0 saturated heterocycles. The second-order valence-electron chi connectivity index (χ2n) is 21.4. The van der Waals surface area contributed by atoms with Crippen LogP contribution in [-0.2, 0) is 0 Å². The van der Waals surface area contributed by atoms with Gasteiger partial charge in [0.05, 0.1) is 5.52 Å². The molecule has 6 heteroatoms. The van der Waals surface area contributed by atoms with Crippen molar-refractivity contribution in [1.82, 2.24) is 4.57 Å². The summed E-state index contributed by atoms with van der Waals surface area (Å²) in [5.74, 6) is 1.79.